The molecule has 0 spiro atoms. The van der Waals surface area contributed by atoms with Crippen LogP contribution in [0.15, 0.2) is 30.4 Å². The number of nitrogens with zero attached hydrogens (tertiary/aromatic N) is 1. The highest BCUT2D eigenvalue weighted by molar-refractivity contribution is 6.07. The molecule has 1 aromatic carbocycles. The third kappa shape index (κ3) is 3.50. The molecule has 1 fully saturated rings. The van der Waals surface area contributed by atoms with Crippen LogP contribution in [0.25, 0.3) is 0 Å². The molecule has 3 atom stereocenters. The van der Waals surface area contributed by atoms with Crippen molar-refractivity contribution in [3.05, 3.63) is 35.9 Å². The van der Waals surface area contributed by atoms with Gasteiger partial charge in [-0.05, 0) is 44.0 Å². The predicted molar refractivity (Wildman–Crippen MR) is 103 cm³/mol. The van der Waals surface area contributed by atoms with E-state index in [4.69, 9.17) is 5.11 Å². The highest BCUT2D eigenvalue weighted by Crippen LogP contribution is 2.45. The fourth-order valence-corrected chi connectivity index (χ4v) is 3.78. The van der Waals surface area contributed by atoms with Crippen molar-refractivity contribution >= 4 is 23.2 Å². The summed E-state index contributed by atoms with van der Waals surface area (Å²) in [5.74, 6) is -0.994. The van der Waals surface area contributed by atoms with Gasteiger partial charge in [-0.15, -0.1) is 0 Å². The number of anilines is 2. The zero-order valence-corrected chi connectivity index (χ0v) is 15.7. The van der Waals surface area contributed by atoms with E-state index in [9.17, 15) is 14.7 Å². The first-order chi connectivity index (χ1) is 12.9. The maximum Gasteiger partial charge on any atom is 0.264 e. The summed E-state index contributed by atoms with van der Waals surface area (Å²) in [6, 6.07) is 4.96. The van der Waals surface area contributed by atoms with Crippen molar-refractivity contribution in [2.45, 2.75) is 37.8 Å². The molecule has 4 N–H and O–H groups in total. The molecule has 0 aromatic heterocycles. The lowest BCUT2D eigenvalue weighted by Crippen LogP contribution is -2.43. The second-order valence-electron chi connectivity index (χ2n) is 7.23. The number of benzene rings is 1. The van der Waals surface area contributed by atoms with Crippen LogP contribution >= 0.6 is 0 Å². The lowest BCUT2D eigenvalue weighted by Gasteiger charge is -2.27. The predicted octanol–water partition coefficient (Wildman–Crippen LogP) is 1.12. The number of carbonyl (C=O) groups is 2. The van der Waals surface area contributed by atoms with Crippen molar-refractivity contribution in [1.82, 2.24) is 5.32 Å². The molecule has 0 radical (unpaired) electrons. The van der Waals surface area contributed by atoms with Crippen LogP contribution in [0.4, 0.5) is 11.4 Å². The number of carbonyl (C=O) groups excluding carboxylic acids is 2. The number of aliphatic hydroxyl groups is 2. The summed E-state index contributed by atoms with van der Waals surface area (Å²) < 4.78 is 0. The number of likely N-dealkylation sites (N-methyl/N-ethyl adjacent to an activating group) is 1. The summed E-state index contributed by atoms with van der Waals surface area (Å²) in [6.07, 6.45) is 5.73. The Morgan fingerprint density at radius 1 is 1.52 bits per heavy atom. The van der Waals surface area contributed by atoms with Gasteiger partial charge in [-0.2, -0.15) is 0 Å². The first-order valence-electron chi connectivity index (χ1n) is 9.36. The molecule has 27 heavy (non-hydrogen) atoms. The molecular formula is C20H27N3O4. The second-order valence-corrected chi connectivity index (χ2v) is 7.23. The smallest absolute Gasteiger partial charge is 0.264 e. The van der Waals surface area contributed by atoms with Gasteiger partial charge < -0.3 is 25.7 Å². The molecule has 0 aliphatic carbocycles. The maximum absolute atomic E-state index is 12.8. The Balaban J connectivity index is 1.89. The molecule has 1 aromatic rings. The van der Waals surface area contributed by atoms with Crippen molar-refractivity contribution in [3.63, 3.8) is 0 Å². The van der Waals surface area contributed by atoms with Gasteiger partial charge in [0.25, 0.3) is 5.91 Å². The number of fused-ring (bicyclic) bond motifs is 1. The van der Waals surface area contributed by atoms with E-state index in [-0.39, 0.29) is 18.6 Å². The Morgan fingerprint density at radius 2 is 2.30 bits per heavy atom. The van der Waals surface area contributed by atoms with Crippen molar-refractivity contribution in [3.8, 4) is 0 Å². The average Bonchev–Trinajstić information content (AvgIpc) is 3.26. The van der Waals surface area contributed by atoms with Gasteiger partial charge in [-0.1, -0.05) is 19.1 Å². The summed E-state index contributed by atoms with van der Waals surface area (Å²) in [4.78, 5) is 26.6. The number of aliphatic hydroxyl groups excluding tert-OH is 1. The van der Waals surface area contributed by atoms with Crippen molar-refractivity contribution in [2.75, 3.05) is 30.4 Å². The van der Waals surface area contributed by atoms with Crippen molar-refractivity contribution in [1.29, 1.82) is 0 Å². The minimum absolute atomic E-state index is 0.0114. The fraction of sp³-hybridized carbons (Fsp3) is 0.500. The van der Waals surface area contributed by atoms with Gasteiger partial charge in [-0.25, -0.2) is 0 Å². The van der Waals surface area contributed by atoms with E-state index in [1.807, 2.05) is 0 Å². The van der Waals surface area contributed by atoms with Crippen LogP contribution in [0, 0.1) is 5.92 Å². The normalized spacial score (nSPS) is 25.9. The molecular weight excluding hydrogens is 346 g/mol. The Bertz CT molecular complexity index is 758. The van der Waals surface area contributed by atoms with E-state index in [0.29, 0.717) is 23.4 Å². The molecule has 7 nitrogen and oxygen atoms in total. The first kappa shape index (κ1) is 19.5. The Labute approximate surface area is 159 Å². The number of amides is 2. The molecule has 2 amide bonds. The third-order valence-electron chi connectivity index (χ3n) is 5.42. The van der Waals surface area contributed by atoms with Gasteiger partial charge in [0.1, 0.15) is 0 Å². The lowest BCUT2D eigenvalue weighted by molar-refractivity contribution is -0.139. The molecule has 0 bridgehead atoms. The van der Waals surface area contributed by atoms with Crippen LogP contribution in [0.1, 0.15) is 31.7 Å². The maximum atomic E-state index is 12.8. The van der Waals surface area contributed by atoms with Crippen molar-refractivity contribution in [2.24, 2.45) is 5.92 Å². The largest absolute Gasteiger partial charge is 0.396 e. The topological polar surface area (TPSA) is 102 Å². The first-order valence-corrected chi connectivity index (χ1v) is 9.36. The monoisotopic (exact) mass is 373 g/mol. The van der Waals surface area contributed by atoms with Crippen LogP contribution in [-0.2, 0) is 15.2 Å². The molecule has 0 unspecified atom stereocenters. The minimum Gasteiger partial charge on any atom is -0.396 e. The summed E-state index contributed by atoms with van der Waals surface area (Å²) in [7, 11) is 1.63. The SMILES string of the molecule is C[C@@H](/C=C/CCO)[C@]1(O)C(=O)N(C)c2ccc(NC(=O)[C@H]3CCCN3)cc21. The zero-order chi connectivity index (χ0) is 19.6. The molecule has 1 saturated heterocycles. The summed E-state index contributed by atoms with van der Waals surface area (Å²) in [6.45, 7) is 2.61. The van der Waals surface area contributed by atoms with Gasteiger partial charge in [0.05, 0.1) is 11.7 Å². The van der Waals surface area contributed by atoms with Gasteiger partial charge in [0.2, 0.25) is 5.91 Å². The Morgan fingerprint density at radius 3 is 2.96 bits per heavy atom. The van der Waals surface area contributed by atoms with Crippen LogP contribution in [0.3, 0.4) is 0 Å². The highest BCUT2D eigenvalue weighted by atomic mass is 16.3. The summed E-state index contributed by atoms with van der Waals surface area (Å²) in [5.41, 5.74) is -0.0432. The van der Waals surface area contributed by atoms with Gasteiger partial charge >= 0.3 is 0 Å². The molecule has 7 heteroatoms. The standard InChI is InChI=1S/C20H27N3O4/c1-13(6-3-4-11-24)20(27)15-12-14(8-9-17(15)23(2)19(20)26)22-18(25)16-7-5-10-21-16/h3,6,8-9,12-13,16,21,24,27H,4-5,7,10-11H2,1-2H3,(H,22,25)/b6-3+/t13-,16+,20+/m0/s1. The van der Waals surface area contributed by atoms with Crippen LogP contribution < -0.4 is 15.5 Å². The van der Waals surface area contributed by atoms with Gasteiger partial charge in [-0.3, -0.25) is 9.59 Å². The van der Waals surface area contributed by atoms with Crippen LogP contribution in [-0.4, -0.2) is 48.3 Å². The van der Waals surface area contributed by atoms with Crippen LogP contribution in [0.5, 0.6) is 0 Å². The molecule has 3 rings (SSSR count). The second kappa shape index (κ2) is 7.80. The van der Waals surface area contributed by atoms with Gasteiger partial charge in [0, 0.05) is 30.8 Å². The third-order valence-corrected chi connectivity index (χ3v) is 5.42. The quantitative estimate of drug-likeness (QED) is 0.560. The van der Waals surface area contributed by atoms with E-state index in [1.165, 1.54) is 4.90 Å². The fourth-order valence-electron chi connectivity index (χ4n) is 3.78. The molecule has 2 aliphatic heterocycles. The van der Waals surface area contributed by atoms with E-state index in [0.717, 1.165) is 19.4 Å². The van der Waals surface area contributed by atoms with E-state index in [1.54, 1.807) is 44.3 Å². The van der Waals surface area contributed by atoms with E-state index < -0.39 is 17.4 Å². The zero-order valence-electron chi connectivity index (χ0n) is 15.7. The molecule has 2 heterocycles. The van der Waals surface area contributed by atoms with Crippen LogP contribution in [0.2, 0.25) is 0 Å². The summed E-state index contributed by atoms with van der Waals surface area (Å²) in [5, 5.41) is 26.3. The Kier molecular flexibility index (Phi) is 5.64. The molecule has 146 valence electrons. The lowest BCUT2D eigenvalue weighted by atomic mass is 9.82. The van der Waals surface area contributed by atoms with Crippen molar-refractivity contribution < 1.29 is 19.8 Å². The molecule has 2 aliphatic rings. The number of rotatable bonds is 6. The van der Waals surface area contributed by atoms with Gasteiger partial charge in [0.15, 0.2) is 5.60 Å². The average molecular weight is 373 g/mol. The number of hydrogen-bond donors (Lipinski definition) is 4. The Hall–Kier alpha value is -2.22. The highest BCUT2D eigenvalue weighted by Gasteiger charge is 2.51. The number of nitrogens with one attached hydrogen (secondary N) is 2. The summed E-state index contributed by atoms with van der Waals surface area (Å²) >= 11 is 0. The van der Waals surface area contributed by atoms with E-state index >= 15 is 0 Å². The van der Waals surface area contributed by atoms with E-state index in [2.05, 4.69) is 10.6 Å². The minimum atomic E-state index is -1.71. The number of hydrogen-bond acceptors (Lipinski definition) is 5. The molecule has 0 saturated carbocycles.